The molecule has 5 aromatic carbocycles. The molecule has 0 saturated heterocycles. The van der Waals surface area contributed by atoms with Crippen molar-refractivity contribution >= 4 is 44.4 Å². The number of nitrogens with zero attached hydrogens (tertiary/aromatic N) is 2. The van der Waals surface area contributed by atoms with Crippen LogP contribution in [0.25, 0.3) is 32.4 Å². The van der Waals surface area contributed by atoms with Crippen LogP contribution in [0.1, 0.15) is 26.3 Å². The van der Waals surface area contributed by atoms with Gasteiger partial charge in [-0.1, -0.05) is 24.3 Å². The van der Waals surface area contributed by atoms with E-state index in [0.29, 0.717) is 50.1 Å². The number of phenols is 1. The number of phenolic OH excluding ortho intramolecular Hbond substituents is 1. The van der Waals surface area contributed by atoms with Crippen LogP contribution >= 0.6 is 0 Å². The molecule has 10 nitrogen and oxygen atoms in total. The third-order valence-corrected chi connectivity index (χ3v) is 6.84. The predicted octanol–water partition coefficient (Wildman–Crippen LogP) is 7.01. The molecule has 6 rings (SSSR count). The summed E-state index contributed by atoms with van der Waals surface area (Å²) in [6, 6.07) is 25.2. The first-order chi connectivity index (χ1) is 21.2. The zero-order valence-corrected chi connectivity index (χ0v) is 23.4. The molecule has 0 spiro atoms. The zero-order valence-electron chi connectivity index (χ0n) is 23.4. The number of fused-ring (bicyclic) bond motifs is 3. The number of benzene rings is 5. The fourth-order valence-electron chi connectivity index (χ4n) is 4.77. The van der Waals surface area contributed by atoms with E-state index in [1.807, 2.05) is 0 Å². The van der Waals surface area contributed by atoms with Crippen molar-refractivity contribution in [1.82, 2.24) is 4.98 Å². The van der Waals surface area contributed by atoms with Gasteiger partial charge in [-0.3, -0.25) is 4.98 Å². The molecule has 3 N–H and O–H groups in total. The van der Waals surface area contributed by atoms with E-state index in [4.69, 9.17) is 19.3 Å². The van der Waals surface area contributed by atoms with Crippen molar-refractivity contribution in [1.29, 1.82) is 5.26 Å². The smallest absolute Gasteiger partial charge is 0.336 e. The third kappa shape index (κ3) is 5.70. The van der Waals surface area contributed by atoms with E-state index in [9.17, 15) is 25.1 Å². The number of aromatic carboxylic acids is 2. The second kappa shape index (κ2) is 12.3. The molecule has 0 aliphatic carbocycles. The topological polar surface area (TPSA) is 159 Å². The molecule has 0 fully saturated rings. The molecule has 10 heteroatoms. The highest BCUT2D eigenvalue weighted by Gasteiger charge is 2.16. The van der Waals surface area contributed by atoms with Gasteiger partial charge in [0.25, 0.3) is 0 Å². The maximum Gasteiger partial charge on any atom is 0.336 e. The van der Waals surface area contributed by atoms with E-state index in [1.165, 1.54) is 26.5 Å². The van der Waals surface area contributed by atoms with Gasteiger partial charge in [0.15, 0.2) is 17.2 Å². The van der Waals surface area contributed by atoms with Gasteiger partial charge < -0.3 is 29.5 Å². The Morgan fingerprint density at radius 2 is 1.34 bits per heavy atom. The molecule has 0 amide bonds. The number of nitriles is 1. The van der Waals surface area contributed by atoms with Crippen LogP contribution in [0.4, 0.5) is 0 Å². The quantitative estimate of drug-likeness (QED) is 0.185. The molecule has 218 valence electrons. The van der Waals surface area contributed by atoms with Crippen molar-refractivity contribution in [2.45, 2.75) is 0 Å². The van der Waals surface area contributed by atoms with Crippen LogP contribution in [0.15, 0.2) is 91.1 Å². The van der Waals surface area contributed by atoms with E-state index < -0.39 is 11.9 Å². The Morgan fingerprint density at radius 1 is 0.750 bits per heavy atom. The van der Waals surface area contributed by atoms with E-state index in [1.54, 1.807) is 78.9 Å². The fraction of sp³-hybridized carbons (Fsp3) is 0.0588. The molecule has 0 unspecified atom stereocenters. The lowest BCUT2D eigenvalue weighted by molar-refractivity contribution is 0.0688. The van der Waals surface area contributed by atoms with Gasteiger partial charge in [0, 0.05) is 17.6 Å². The third-order valence-electron chi connectivity index (χ3n) is 6.84. The molecule has 0 saturated carbocycles. The summed E-state index contributed by atoms with van der Waals surface area (Å²) in [5, 5.41) is 40.3. The van der Waals surface area contributed by atoms with Crippen molar-refractivity contribution in [2.24, 2.45) is 0 Å². The molecule has 0 atom stereocenters. The Hall–Kier alpha value is -6.34. The Morgan fingerprint density at radius 3 is 1.93 bits per heavy atom. The number of carboxylic acids is 2. The van der Waals surface area contributed by atoms with Gasteiger partial charge in [-0.25, -0.2) is 9.59 Å². The molecule has 0 aliphatic rings. The molecular formula is C34H24N2O8. The molecule has 6 aromatic rings. The first-order valence-electron chi connectivity index (χ1n) is 13.1. The minimum Gasteiger partial charge on any atom is -0.508 e. The number of carbonyl (C=O) groups is 2. The number of pyridine rings is 1. The van der Waals surface area contributed by atoms with Crippen molar-refractivity contribution in [3.05, 3.63) is 108 Å². The summed E-state index contributed by atoms with van der Waals surface area (Å²) in [6.45, 7) is 0. The van der Waals surface area contributed by atoms with E-state index in [2.05, 4.69) is 11.1 Å². The summed E-state index contributed by atoms with van der Waals surface area (Å²) in [6.07, 6.45) is 1.44. The first kappa shape index (κ1) is 29.2. The highest BCUT2D eigenvalue weighted by atomic mass is 16.5. The Bertz CT molecular complexity index is 2120. The minimum atomic E-state index is -0.998. The lowest BCUT2D eigenvalue weighted by Crippen LogP contribution is -1.98. The number of carboxylic acid groups (broad SMARTS) is 2. The number of methoxy groups -OCH3 is 2. The lowest BCUT2D eigenvalue weighted by atomic mass is 10.0. The van der Waals surface area contributed by atoms with Crippen molar-refractivity contribution < 1.29 is 39.1 Å². The number of hydrogen-bond acceptors (Lipinski definition) is 8. The van der Waals surface area contributed by atoms with Gasteiger partial charge in [-0.05, 0) is 76.1 Å². The normalized spacial score (nSPS) is 10.5. The Kier molecular flexibility index (Phi) is 8.13. The number of rotatable bonds is 6. The number of ether oxygens (including phenoxy) is 3. The molecule has 1 aromatic heterocycles. The summed E-state index contributed by atoms with van der Waals surface area (Å²) in [7, 11) is 3.06. The van der Waals surface area contributed by atoms with Gasteiger partial charge in [0.2, 0.25) is 0 Å². The summed E-state index contributed by atoms with van der Waals surface area (Å²) in [5.41, 5.74) is 1.30. The van der Waals surface area contributed by atoms with Crippen LogP contribution in [-0.2, 0) is 0 Å². The highest BCUT2D eigenvalue weighted by Crippen LogP contribution is 2.39. The van der Waals surface area contributed by atoms with Crippen LogP contribution in [-0.4, -0.2) is 46.5 Å². The molecule has 0 radical (unpaired) electrons. The van der Waals surface area contributed by atoms with Crippen LogP contribution < -0.4 is 14.2 Å². The molecule has 0 aliphatic heterocycles. The molecule has 44 heavy (non-hydrogen) atoms. The van der Waals surface area contributed by atoms with Crippen LogP contribution in [0.3, 0.4) is 0 Å². The van der Waals surface area contributed by atoms with E-state index >= 15 is 0 Å². The first-order valence-corrected chi connectivity index (χ1v) is 13.1. The van der Waals surface area contributed by atoms with Crippen LogP contribution in [0.2, 0.25) is 0 Å². The van der Waals surface area contributed by atoms with Crippen molar-refractivity contribution in [3.8, 4) is 34.8 Å². The van der Waals surface area contributed by atoms with Gasteiger partial charge in [0.1, 0.15) is 23.1 Å². The summed E-state index contributed by atoms with van der Waals surface area (Å²) < 4.78 is 16.8. The second-order valence-electron chi connectivity index (χ2n) is 9.45. The largest absolute Gasteiger partial charge is 0.508 e. The summed E-state index contributed by atoms with van der Waals surface area (Å²) >= 11 is 0. The predicted molar refractivity (Wildman–Crippen MR) is 163 cm³/mol. The van der Waals surface area contributed by atoms with Crippen LogP contribution in [0.5, 0.6) is 28.7 Å². The minimum absolute atomic E-state index is 0.139. The highest BCUT2D eigenvalue weighted by molar-refractivity contribution is 6.04. The lowest BCUT2D eigenvalue weighted by Gasteiger charge is -2.14. The second-order valence-corrected chi connectivity index (χ2v) is 9.45. The number of aromatic hydroxyl groups is 1. The number of hydrogen-bond donors (Lipinski definition) is 3. The van der Waals surface area contributed by atoms with Crippen LogP contribution in [0, 0.1) is 11.3 Å². The molecule has 0 bridgehead atoms. The SMILES string of the molecule is COc1cc2ncc(C#N)c(Oc3ccc4c(C(=O)O)cccc4c3)c2cc1OC.O=C(O)c1cccc2cc(O)ccc12. The van der Waals surface area contributed by atoms with Crippen molar-refractivity contribution in [2.75, 3.05) is 14.2 Å². The fourth-order valence-corrected chi connectivity index (χ4v) is 4.77. The Balaban J connectivity index is 0.000000229. The number of aromatic nitrogens is 1. The average molecular weight is 589 g/mol. The maximum atomic E-state index is 11.4. The van der Waals surface area contributed by atoms with E-state index in [-0.39, 0.29) is 22.4 Å². The van der Waals surface area contributed by atoms with Gasteiger partial charge >= 0.3 is 11.9 Å². The molecule has 1 heterocycles. The van der Waals surface area contributed by atoms with Crippen molar-refractivity contribution in [3.63, 3.8) is 0 Å². The average Bonchev–Trinajstić information content (AvgIpc) is 3.03. The standard InChI is InChI=1S/C23H16N2O5.C11H8O3/c1-28-20-9-18-19(10-21(20)29-2)25-12-14(11-24)22(18)30-15-6-7-16-13(8-15)4-3-5-17(16)23(26)27;12-8-4-5-9-7(6-8)2-1-3-10(9)11(13)14/h3-10,12H,1-2H3,(H,26,27);1-6,12H,(H,13,14). The van der Waals surface area contributed by atoms with Gasteiger partial charge in [0.05, 0.1) is 30.9 Å². The monoisotopic (exact) mass is 588 g/mol. The molecular weight excluding hydrogens is 564 g/mol. The Labute approximate surface area is 250 Å². The van der Waals surface area contributed by atoms with E-state index in [0.717, 1.165) is 5.39 Å². The maximum absolute atomic E-state index is 11.4. The van der Waals surface area contributed by atoms with Gasteiger partial charge in [-0.2, -0.15) is 5.26 Å². The summed E-state index contributed by atoms with van der Waals surface area (Å²) in [5.74, 6) is -0.0269. The zero-order chi connectivity index (χ0) is 31.4. The van der Waals surface area contributed by atoms with Gasteiger partial charge in [-0.15, -0.1) is 0 Å². The summed E-state index contributed by atoms with van der Waals surface area (Å²) in [4.78, 5) is 26.6.